The number of furan rings is 1. The van der Waals surface area contributed by atoms with Crippen molar-refractivity contribution in [3.63, 3.8) is 0 Å². The average molecular weight is 212 g/mol. The molecular formula is C10H12O5. The zero-order chi connectivity index (χ0) is 11.3. The van der Waals surface area contributed by atoms with Crippen LogP contribution >= 0.6 is 0 Å². The summed E-state index contributed by atoms with van der Waals surface area (Å²) in [4.78, 5) is 22.4. The number of ether oxygens (including phenoxy) is 1. The highest BCUT2D eigenvalue weighted by molar-refractivity contribution is 5.95. The van der Waals surface area contributed by atoms with Crippen LogP contribution in [0.3, 0.4) is 0 Å². The van der Waals surface area contributed by atoms with Gasteiger partial charge < -0.3 is 14.3 Å². The highest BCUT2D eigenvalue weighted by Crippen LogP contribution is 2.11. The van der Waals surface area contributed by atoms with E-state index in [0.717, 1.165) is 0 Å². The maximum Gasteiger partial charge on any atom is 0.373 e. The van der Waals surface area contributed by atoms with Crippen LogP contribution in [0.2, 0.25) is 0 Å². The van der Waals surface area contributed by atoms with E-state index in [1.54, 1.807) is 0 Å². The summed E-state index contributed by atoms with van der Waals surface area (Å²) in [5.41, 5.74) is 0. The van der Waals surface area contributed by atoms with E-state index in [4.69, 9.17) is 9.52 Å². The van der Waals surface area contributed by atoms with E-state index < -0.39 is 5.97 Å². The third-order valence-corrected chi connectivity index (χ3v) is 1.83. The monoisotopic (exact) mass is 212 g/mol. The van der Waals surface area contributed by atoms with Crippen molar-refractivity contribution in [3.05, 3.63) is 23.7 Å². The van der Waals surface area contributed by atoms with Crippen LogP contribution in [0.1, 0.15) is 34.0 Å². The minimum absolute atomic E-state index is 0.00449. The standard InChI is InChI=1S/C10H12O5/c1-14-10(13)9-5-4-8(15-9)7(12)3-2-6-11/h4-5,11H,2-3,6H2,1H3. The first-order chi connectivity index (χ1) is 7.19. The maximum absolute atomic E-state index is 11.4. The number of Topliss-reactive ketones (excluding diaryl/α,β-unsaturated/α-hetero) is 1. The van der Waals surface area contributed by atoms with Crippen molar-refractivity contribution >= 4 is 11.8 Å². The van der Waals surface area contributed by atoms with Crippen molar-refractivity contribution in [1.82, 2.24) is 0 Å². The molecule has 1 heterocycles. The Labute approximate surface area is 86.6 Å². The Kier molecular flexibility index (Phi) is 4.05. The van der Waals surface area contributed by atoms with Crippen LogP contribution in [0.5, 0.6) is 0 Å². The number of hydrogen-bond acceptors (Lipinski definition) is 5. The minimum Gasteiger partial charge on any atom is -0.463 e. The van der Waals surface area contributed by atoms with Gasteiger partial charge >= 0.3 is 5.97 Å². The van der Waals surface area contributed by atoms with Gasteiger partial charge in [0.25, 0.3) is 0 Å². The lowest BCUT2D eigenvalue weighted by Crippen LogP contribution is -2.00. The van der Waals surface area contributed by atoms with E-state index in [-0.39, 0.29) is 30.3 Å². The van der Waals surface area contributed by atoms with Gasteiger partial charge in [-0.05, 0) is 18.6 Å². The predicted octanol–water partition coefficient (Wildman–Crippen LogP) is 1.02. The molecule has 1 aromatic heterocycles. The third kappa shape index (κ3) is 2.92. The molecule has 0 saturated carbocycles. The second-order valence-corrected chi connectivity index (χ2v) is 2.91. The fraction of sp³-hybridized carbons (Fsp3) is 0.400. The Bertz CT molecular complexity index is 352. The van der Waals surface area contributed by atoms with Gasteiger partial charge in [0.2, 0.25) is 5.76 Å². The number of methoxy groups -OCH3 is 1. The van der Waals surface area contributed by atoms with Crippen molar-refractivity contribution in [2.75, 3.05) is 13.7 Å². The third-order valence-electron chi connectivity index (χ3n) is 1.83. The fourth-order valence-electron chi connectivity index (χ4n) is 1.06. The Morgan fingerprint density at radius 2 is 2.07 bits per heavy atom. The molecule has 0 spiro atoms. The molecule has 0 aliphatic rings. The Morgan fingerprint density at radius 1 is 1.40 bits per heavy atom. The number of rotatable bonds is 5. The zero-order valence-electron chi connectivity index (χ0n) is 8.36. The van der Waals surface area contributed by atoms with Crippen LogP contribution in [0.25, 0.3) is 0 Å². The number of esters is 1. The largest absolute Gasteiger partial charge is 0.463 e. The van der Waals surface area contributed by atoms with Crippen molar-refractivity contribution in [3.8, 4) is 0 Å². The molecule has 0 atom stereocenters. The summed E-state index contributed by atoms with van der Waals surface area (Å²) < 4.78 is 9.42. The number of aliphatic hydroxyl groups is 1. The number of carbonyl (C=O) groups is 2. The van der Waals surface area contributed by atoms with Gasteiger partial charge in [0, 0.05) is 13.0 Å². The Balaban J connectivity index is 2.67. The van der Waals surface area contributed by atoms with Crippen molar-refractivity contribution in [1.29, 1.82) is 0 Å². The van der Waals surface area contributed by atoms with E-state index >= 15 is 0 Å². The molecule has 0 amide bonds. The van der Waals surface area contributed by atoms with Gasteiger partial charge in [0.1, 0.15) is 0 Å². The molecule has 5 nitrogen and oxygen atoms in total. The molecule has 0 unspecified atom stereocenters. The summed E-state index contributed by atoms with van der Waals surface area (Å²) in [5.74, 6) is -0.732. The van der Waals surface area contributed by atoms with Gasteiger partial charge in [0.15, 0.2) is 11.5 Å². The summed E-state index contributed by atoms with van der Waals surface area (Å²) in [7, 11) is 1.23. The average Bonchev–Trinajstić information content (AvgIpc) is 2.74. The number of aliphatic hydroxyl groups excluding tert-OH is 1. The van der Waals surface area contributed by atoms with Gasteiger partial charge in [-0.25, -0.2) is 4.79 Å². The lowest BCUT2D eigenvalue weighted by atomic mass is 10.2. The molecule has 0 aromatic carbocycles. The molecular weight excluding hydrogens is 200 g/mol. The molecule has 0 bridgehead atoms. The predicted molar refractivity (Wildman–Crippen MR) is 50.7 cm³/mol. The molecule has 82 valence electrons. The molecule has 1 rings (SSSR count). The Hall–Kier alpha value is -1.62. The SMILES string of the molecule is COC(=O)c1ccc(C(=O)CCCO)o1. The van der Waals surface area contributed by atoms with E-state index in [0.29, 0.717) is 6.42 Å². The smallest absolute Gasteiger partial charge is 0.373 e. The molecule has 1 aromatic rings. The molecule has 1 N–H and O–H groups in total. The normalized spacial score (nSPS) is 10.0. The summed E-state index contributed by atoms with van der Waals surface area (Å²) in [6, 6.07) is 2.81. The topological polar surface area (TPSA) is 76.7 Å². The fourth-order valence-corrected chi connectivity index (χ4v) is 1.06. The lowest BCUT2D eigenvalue weighted by Gasteiger charge is -1.95. The lowest BCUT2D eigenvalue weighted by molar-refractivity contribution is 0.0563. The second-order valence-electron chi connectivity index (χ2n) is 2.91. The van der Waals surface area contributed by atoms with Gasteiger partial charge in [-0.2, -0.15) is 0 Å². The second kappa shape index (κ2) is 5.31. The molecule has 15 heavy (non-hydrogen) atoms. The highest BCUT2D eigenvalue weighted by atomic mass is 16.5. The number of ketones is 1. The van der Waals surface area contributed by atoms with Gasteiger partial charge in [-0.1, -0.05) is 0 Å². The van der Waals surface area contributed by atoms with Crippen LogP contribution < -0.4 is 0 Å². The van der Waals surface area contributed by atoms with Crippen LogP contribution in [-0.4, -0.2) is 30.6 Å². The number of hydrogen-bond donors (Lipinski definition) is 1. The number of carbonyl (C=O) groups excluding carboxylic acids is 2. The van der Waals surface area contributed by atoms with E-state index in [1.165, 1.54) is 19.2 Å². The summed E-state index contributed by atoms with van der Waals surface area (Å²) in [6.45, 7) is -0.0453. The van der Waals surface area contributed by atoms with Crippen molar-refractivity contribution < 1.29 is 23.8 Å². The van der Waals surface area contributed by atoms with E-state index in [1.807, 2.05) is 0 Å². The molecule has 0 saturated heterocycles. The van der Waals surface area contributed by atoms with E-state index in [9.17, 15) is 9.59 Å². The quantitative estimate of drug-likeness (QED) is 0.582. The van der Waals surface area contributed by atoms with Crippen LogP contribution in [0.4, 0.5) is 0 Å². The first-order valence-corrected chi connectivity index (χ1v) is 4.51. The van der Waals surface area contributed by atoms with Gasteiger partial charge in [-0.3, -0.25) is 4.79 Å². The Morgan fingerprint density at radius 3 is 2.67 bits per heavy atom. The first-order valence-electron chi connectivity index (χ1n) is 4.51. The van der Waals surface area contributed by atoms with Crippen LogP contribution in [0, 0.1) is 0 Å². The zero-order valence-corrected chi connectivity index (χ0v) is 8.36. The van der Waals surface area contributed by atoms with E-state index in [2.05, 4.69) is 4.74 Å². The molecule has 0 aliphatic carbocycles. The molecule has 0 aliphatic heterocycles. The summed E-state index contributed by atoms with van der Waals surface area (Å²) in [5, 5.41) is 8.54. The first kappa shape index (κ1) is 11.5. The van der Waals surface area contributed by atoms with Crippen LogP contribution in [-0.2, 0) is 4.74 Å². The molecule has 0 fully saturated rings. The molecule has 5 heteroatoms. The highest BCUT2D eigenvalue weighted by Gasteiger charge is 2.15. The van der Waals surface area contributed by atoms with Crippen LogP contribution in [0.15, 0.2) is 16.5 Å². The van der Waals surface area contributed by atoms with Gasteiger partial charge in [-0.15, -0.1) is 0 Å². The van der Waals surface area contributed by atoms with Gasteiger partial charge in [0.05, 0.1) is 7.11 Å². The molecule has 0 radical (unpaired) electrons. The maximum atomic E-state index is 11.4. The summed E-state index contributed by atoms with van der Waals surface area (Å²) in [6.07, 6.45) is 0.581. The van der Waals surface area contributed by atoms with Crippen molar-refractivity contribution in [2.24, 2.45) is 0 Å². The minimum atomic E-state index is -0.615. The van der Waals surface area contributed by atoms with Crippen molar-refractivity contribution in [2.45, 2.75) is 12.8 Å². The summed E-state index contributed by atoms with van der Waals surface area (Å²) >= 11 is 0.